The molecule has 0 spiro atoms. The molecule has 0 aliphatic heterocycles. The second-order valence-electron chi connectivity index (χ2n) is 6.89. The second-order valence-corrected chi connectivity index (χ2v) is 6.89. The summed E-state index contributed by atoms with van der Waals surface area (Å²) in [7, 11) is 2.20. The first-order chi connectivity index (χ1) is 12.7. The third-order valence-corrected chi connectivity index (χ3v) is 4.62. The van der Waals surface area contributed by atoms with Gasteiger partial charge in [-0.25, -0.2) is 0 Å². The maximum atomic E-state index is 5.97. The van der Waals surface area contributed by atoms with E-state index in [2.05, 4.69) is 67.4 Å². The Morgan fingerprint density at radius 3 is 2.19 bits per heavy atom. The highest BCUT2D eigenvalue weighted by Crippen LogP contribution is 2.25. The van der Waals surface area contributed by atoms with Gasteiger partial charge in [0, 0.05) is 13.1 Å². The Bertz CT molecular complexity index is 786. The van der Waals surface area contributed by atoms with Crippen molar-refractivity contribution in [2.24, 2.45) is 0 Å². The van der Waals surface area contributed by atoms with Gasteiger partial charge < -0.3 is 9.64 Å². The average Bonchev–Trinajstić information content (AvgIpc) is 2.68. The maximum Gasteiger partial charge on any atom is 0.127 e. The number of benzene rings is 3. The molecule has 0 aliphatic carbocycles. The fraction of sp³-hybridized carbons (Fsp3) is 0.250. The van der Waals surface area contributed by atoms with Crippen LogP contribution in [0.4, 0.5) is 0 Å². The van der Waals surface area contributed by atoms with Crippen LogP contribution >= 0.6 is 0 Å². The molecule has 3 aromatic carbocycles. The van der Waals surface area contributed by atoms with Crippen LogP contribution < -0.4 is 4.74 Å². The Balaban J connectivity index is 1.55. The molecule has 0 saturated heterocycles. The molecule has 1 unspecified atom stereocenters. The largest absolute Gasteiger partial charge is 0.457 e. The number of hydrogen-bond donors (Lipinski definition) is 0. The molecule has 134 valence electrons. The van der Waals surface area contributed by atoms with Crippen molar-refractivity contribution in [1.29, 1.82) is 0 Å². The molecule has 2 heteroatoms. The summed E-state index contributed by atoms with van der Waals surface area (Å²) < 4.78 is 5.97. The zero-order valence-electron chi connectivity index (χ0n) is 15.6. The van der Waals surface area contributed by atoms with Gasteiger partial charge in [-0.2, -0.15) is 0 Å². The SMILES string of the molecule is CC(CN(C)CCc1ccccc1)c1cccc(Oc2ccccc2)c1. The quantitative estimate of drug-likeness (QED) is 0.515. The van der Waals surface area contributed by atoms with E-state index in [4.69, 9.17) is 4.74 Å². The summed E-state index contributed by atoms with van der Waals surface area (Å²) in [6.07, 6.45) is 1.08. The van der Waals surface area contributed by atoms with E-state index in [1.807, 2.05) is 36.4 Å². The molecule has 0 radical (unpaired) electrons. The third-order valence-electron chi connectivity index (χ3n) is 4.62. The molecule has 26 heavy (non-hydrogen) atoms. The van der Waals surface area contributed by atoms with Gasteiger partial charge in [-0.1, -0.05) is 67.6 Å². The zero-order valence-corrected chi connectivity index (χ0v) is 15.6. The van der Waals surface area contributed by atoms with Crippen molar-refractivity contribution in [3.05, 3.63) is 96.1 Å². The van der Waals surface area contributed by atoms with Gasteiger partial charge in [0.1, 0.15) is 11.5 Å². The maximum absolute atomic E-state index is 5.97. The molecular formula is C24H27NO. The van der Waals surface area contributed by atoms with E-state index in [1.165, 1.54) is 11.1 Å². The summed E-state index contributed by atoms with van der Waals surface area (Å²) in [5.41, 5.74) is 2.70. The molecule has 0 heterocycles. The van der Waals surface area contributed by atoms with Gasteiger partial charge in [-0.15, -0.1) is 0 Å². The van der Waals surface area contributed by atoms with Crippen LogP contribution in [0.2, 0.25) is 0 Å². The number of nitrogens with zero attached hydrogens (tertiary/aromatic N) is 1. The van der Waals surface area contributed by atoms with Gasteiger partial charge in [0.05, 0.1) is 0 Å². The number of likely N-dealkylation sites (N-methyl/N-ethyl adjacent to an activating group) is 1. The third kappa shape index (κ3) is 5.47. The minimum atomic E-state index is 0.454. The average molecular weight is 345 g/mol. The smallest absolute Gasteiger partial charge is 0.127 e. The van der Waals surface area contributed by atoms with E-state index < -0.39 is 0 Å². The highest BCUT2D eigenvalue weighted by atomic mass is 16.5. The summed E-state index contributed by atoms with van der Waals surface area (Å²) >= 11 is 0. The molecule has 0 bridgehead atoms. The van der Waals surface area contributed by atoms with Crippen molar-refractivity contribution in [2.75, 3.05) is 20.1 Å². The summed E-state index contributed by atoms with van der Waals surface area (Å²) in [4.78, 5) is 2.41. The van der Waals surface area contributed by atoms with E-state index >= 15 is 0 Å². The highest BCUT2D eigenvalue weighted by molar-refractivity contribution is 5.35. The fourth-order valence-corrected chi connectivity index (χ4v) is 3.14. The first-order valence-corrected chi connectivity index (χ1v) is 9.26. The minimum absolute atomic E-state index is 0.454. The normalized spacial score (nSPS) is 12.1. The molecule has 0 aliphatic rings. The van der Waals surface area contributed by atoms with Crippen molar-refractivity contribution in [3.63, 3.8) is 0 Å². The summed E-state index contributed by atoms with van der Waals surface area (Å²) in [5.74, 6) is 2.22. The van der Waals surface area contributed by atoms with Gasteiger partial charge in [0.25, 0.3) is 0 Å². The van der Waals surface area contributed by atoms with E-state index in [0.717, 1.165) is 31.0 Å². The zero-order chi connectivity index (χ0) is 18.2. The van der Waals surface area contributed by atoms with E-state index in [0.29, 0.717) is 5.92 Å². The predicted molar refractivity (Wildman–Crippen MR) is 109 cm³/mol. The Kier molecular flexibility index (Phi) is 6.45. The van der Waals surface area contributed by atoms with Gasteiger partial charge in [-0.05, 0) is 54.8 Å². The molecule has 3 aromatic rings. The van der Waals surface area contributed by atoms with Gasteiger partial charge in [0.2, 0.25) is 0 Å². The Labute approximate surface area is 157 Å². The van der Waals surface area contributed by atoms with Gasteiger partial charge in [0.15, 0.2) is 0 Å². The molecule has 0 aromatic heterocycles. The van der Waals surface area contributed by atoms with Crippen molar-refractivity contribution in [3.8, 4) is 11.5 Å². The second kappa shape index (κ2) is 9.21. The standard InChI is InChI=1S/C24H27NO/c1-20(19-25(2)17-16-21-10-5-3-6-11-21)22-12-9-15-24(18-22)26-23-13-7-4-8-14-23/h3-15,18,20H,16-17,19H2,1-2H3. The Hall–Kier alpha value is -2.58. The summed E-state index contributed by atoms with van der Waals surface area (Å²) in [5, 5.41) is 0. The molecule has 0 saturated carbocycles. The van der Waals surface area contributed by atoms with Crippen molar-refractivity contribution < 1.29 is 4.74 Å². The van der Waals surface area contributed by atoms with Crippen molar-refractivity contribution >= 4 is 0 Å². The lowest BCUT2D eigenvalue weighted by atomic mass is 10.0. The van der Waals surface area contributed by atoms with Crippen molar-refractivity contribution in [1.82, 2.24) is 4.90 Å². The van der Waals surface area contributed by atoms with Crippen LogP contribution in [-0.2, 0) is 6.42 Å². The number of ether oxygens (including phenoxy) is 1. The lowest BCUT2D eigenvalue weighted by Gasteiger charge is -2.22. The highest BCUT2D eigenvalue weighted by Gasteiger charge is 2.10. The molecule has 1 atom stereocenters. The Morgan fingerprint density at radius 2 is 1.46 bits per heavy atom. The number of rotatable bonds is 8. The minimum Gasteiger partial charge on any atom is -0.457 e. The Morgan fingerprint density at radius 1 is 0.808 bits per heavy atom. The van der Waals surface area contributed by atoms with Crippen LogP contribution in [0, 0.1) is 0 Å². The monoisotopic (exact) mass is 345 g/mol. The summed E-state index contributed by atoms with van der Waals surface area (Å²) in [6.45, 7) is 4.37. The van der Waals surface area contributed by atoms with E-state index in [-0.39, 0.29) is 0 Å². The first-order valence-electron chi connectivity index (χ1n) is 9.26. The molecule has 0 amide bonds. The molecular weight excluding hydrogens is 318 g/mol. The topological polar surface area (TPSA) is 12.5 Å². The first kappa shape index (κ1) is 18.2. The van der Waals surface area contributed by atoms with Crippen molar-refractivity contribution in [2.45, 2.75) is 19.3 Å². The molecule has 0 N–H and O–H groups in total. The van der Waals surface area contributed by atoms with Crippen LogP contribution in [0.15, 0.2) is 84.9 Å². The van der Waals surface area contributed by atoms with Crippen LogP contribution in [0.1, 0.15) is 24.0 Å². The fourth-order valence-electron chi connectivity index (χ4n) is 3.14. The lowest BCUT2D eigenvalue weighted by molar-refractivity contribution is 0.320. The predicted octanol–water partition coefficient (Wildman–Crippen LogP) is 5.76. The lowest BCUT2D eigenvalue weighted by Crippen LogP contribution is -2.25. The molecule has 2 nitrogen and oxygen atoms in total. The van der Waals surface area contributed by atoms with E-state index in [9.17, 15) is 0 Å². The van der Waals surface area contributed by atoms with Crippen LogP contribution in [0.3, 0.4) is 0 Å². The summed E-state index contributed by atoms with van der Waals surface area (Å²) in [6, 6.07) is 29.0. The molecule has 3 rings (SSSR count). The number of hydrogen-bond acceptors (Lipinski definition) is 2. The number of para-hydroxylation sites is 1. The van der Waals surface area contributed by atoms with Crippen LogP contribution in [-0.4, -0.2) is 25.0 Å². The van der Waals surface area contributed by atoms with Gasteiger partial charge in [-0.3, -0.25) is 0 Å². The van der Waals surface area contributed by atoms with E-state index in [1.54, 1.807) is 0 Å². The van der Waals surface area contributed by atoms with Gasteiger partial charge >= 0.3 is 0 Å². The van der Waals surface area contributed by atoms with Crippen LogP contribution in [0.25, 0.3) is 0 Å². The molecule has 0 fully saturated rings. The van der Waals surface area contributed by atoms with Crippen LogP contribution in [0.5, 0.6) is 11.5 Å².